The number of nitrogens with zero attached hydrogens (tertiary/aromatic N) is 2. The van der Waals surface area contributed by atoms with Gasteiger partial charge in [0.25, 0.3) is 5.91 Å². The monoisotopic (exact) mass is 458 g/mol. The number of aryl methyl sites for hydroxylation is 2. The van der Waals surface area contributed by atoms with Crippen molar-refractivity contribution in [3.63, 3.8) is 0 Å². The number of benzene rings is 2. The average Bonchev–Trinajstić information content (AvgIpc) is 3.20. The van der Waals surface area contributed by atoms with Gasteiger partial charge < -0.3 is 14.7 Å². The molecule has 1 aliphatic heterocycles. The van der Waals surface area contributed by atoms with Crippen LogP contribution in [-0.4, -0.2) is 34.1 Å². The number of hydrogen-bond acceptors (Lipinski definition) is 4. The summed E-state index contributed by atoms with van der Waals surface area (Å²) in [5.74, 6) is -1.20. The Morgan fingerprint density at radius 1 is 1.09 bits per heavy atom. The Morgan fingerprint density at radius 3 is 2.38 bits per heavy atom. The Labute approximate surface area is 200 Å². The van der Waals surface area contributed by atoms with Gasteiger partial charge in [-0.2, -0.15) is 0 Å². The fraction of sp³-hybridized carbons (Fsp3) is 0.321. The number of rotatable bonds is 5. The number of amides is 1. The van der Waals surface area contributed by atoms with Crippen molar-refractivity contribution in [1.82, 2.24) is 4.98 Å². The molecule has 0 saturated heterocycles. The number of carboxylic acids is 1. The normalized spacial score (nSPS) is 14.1. The highest BCUT2D eigenvalue weighted by atomic mass is 16.5. The highest BCUT2D eigenvalue weighted by Crippen LogP contribution is 2.44. The third-order valence-electron chi connectivity index (χ3n) is 5.96. The van der Waals surface area contributed by atoms with E-state index in [-0.39, 0.29) is 5.91 Å². The number of fused-ring (bicyclic) bond motifs is 1. The highest BCUT2D eigenvalue weighted by Gasteiger charge is 2.36. The molecule has 34 heavy (non-hydrogen) atoms. The van der Waals surface area contributed by atoms with Gasteiger partial charge in [0.15, 0.2) is 6.10 Å². The van der Waals surface area contributed by atoms with E-state index in [0.717, 1.165) is 33.5 Å². The van der Waals surface area contributed by atoms with Gasteiger partial charge in [-0.1, -0.05) is 35.9 Å². The van der Waals surface area contributed by atoms with Crippen LogP contribution in [0.3, 0.4) is 0 Å². The van der Waals surface area contributed by atoms with Gasteiger partial charge >= 0.3 is 5.97 Å². The molecular weight excluding hydrogens is 428 g/mol. The molecule has 4 rings (SSSR count). The molecule has 3 aromatic rings. The second-order valence-electron chi connectivity index (χ2n) is 9.72. The zero-order valence-corrected chi connectivity index (χ0v) is 20.3. The number of carbonyl (C=O) groups is 2. The number of carbonyl (C=O) groups excluding carboxylic acids is 1. The molecule has 6 heteroatoms. The summed E-state index contributed by atoms with van der Waals surface area (Å²) in [6, 6.07) is 15.2. The number of hydrogen-bond donors (Lipinski definition) is 1. The van der Waals surface area contributed by atoms with Crippen molar-refractivity contribution in [2.45, 2.75) is 52.7 Å². The maximum absolute atomic E-state index is 13.3. The third kappa shape index (κ3) is 4.59. The topological polar surface area (TPSA) is 79.7 Å². The first-order chi connectivity index (χ1) is 16.1. The molecule has 0 bridgehead atoms. The van der Waals surface area contributed by atoms with E-state index in [4.69, 9.17) is 4.74 Å². The summed E-state index contributed by atoms with van der Waals surface area (Å²) >= 11 is 0. The lowest BCUT2D eigenvalue weighted by Gasteiger charge is -2.29. The summed E-state index contributed by atoms with van der Waals surface area (Å²) < 4.78 is 6.07. The highest BCUT2D eigenvalue weighted by molar-refractivity contribution is 6.07. The fourth-order valence-electron chi connectivity index (χ4n) is 4.51. The number of pyridine rings is 1. The van der Waals surface area contributed by atoms with Gasteiger partial charge in [-0.3, -0.25) is 9.78 Å². The molecule has 1 aromatic heterocycles. The lowest BCUT2D eigenvalue weighted by Crippen LogP contribution is -2.30. The first-order valence-electron chi connectivity index (χ1n) is 11.4. The van der Waals surface area contributed by atoms with Crippen LogP contribution < -0.4 is 4.90 Å². The van der Waals surface area contributed by atoms with Gasteiger partial charge in [-0.15, -0.1) is 0 Å². The average molecular weight is 459 g/mol. The second kappa shape index (κ2) is 9.03. The van der Waals surface area contributed by atoms with Crippen LogP contribution >= 0.6 is 0 Å². The zero-order valence-electron chi connectivity index (χ0n) is 20.3. The molecule has 176 valence electrons. The summed E-state index contributed by atoms with van der Waals surface area (Å²) in [4.78, 5) is 31.7. The number of aliphatic carboxylic acids is 1. The van der Waals surface area contributed by atoms with Gasteiger partial charge in [0.05, 0.1) is 5.60 Å². The molecule has 0 fully saturated rings. The van der Waals surface area contributed by atoms with Crippen molar-refractivity contribution in [1.29, 1.82) is 0 Å². The molecule has 0 aliphatic carbocycles. The summed E-state index contributed by atoms with van der Waals surface area (Å²) in [5, 5.41) is 10.2. The van der Waals surface area contributed by atoms with Crippen molar-refractivity contribution in [2.24, 2.45) is 0 Å². The van der Waals surface area contributed by atoms with Crippen LogP contribution in [0.4, 0.5) is 5.69 Å². The molecule has 2 heterocycles. The van der Waals surface area contributed by atoms with E-state index in [0.29, 0.717) is 24.2 Å². The van der Waals surface area contributed by atoms with Crippen molar-refractivity contribution in [3.8, 4) is 11.1 Å². The largest absolute Gasteiger partial charge is 0.479 e. The Bertz CT molecular complexity index is 1230. The molecule has 1 amide bonds. The predicted octanol–water partition coefficient (Wildman–Crippen LogP) is 5.51. The van der Waals surface area contributed by atoms with E-state index >= 15 is 0 Å². The third-order valence-corrected chi connectivity index (χ3v) is 5.96. The summed E-state index contributed by atoms with van der Waals surface area (Å²) in [6.07, 6.45) is 1.09. The van der Waals surface area contributed by atoms with Gasteiger partial charge in [-0.05, 0) is 81.5 Å². The van der Waals surface area contributed by atoms with Gasteiger partial charge in [0.1, 0.15) is 5.69 Å². The minimum Gasteiger partial charge on any atom is -0.479 e. The van der Waals surface area contributed by atoms with Crippen molar-refractivity contribution >= 4 is 17.6 Å². The minimum atomic E-state index is -1.14. The lowest BCUT2D eigenvalue weighted by atomic mass is 9.86. The van der Waals surface area contributed by atoms with Gasteiger partial charge in [0.2, 0.25) is 0 Å². The molecule has 0 radical (unpaired) electrons. The van der Waals surface area contributed by atoms with Crippen LogP contribution in [0, 0.1) is 13.8 Å². The maximum atomic E-state index is 13.3. The molecule has 1 aliphatic rings. The standard InChI is InChI=1S/C28H30N2O4/c1-17-9-11-19(12-10-17)24-20-13-15-30(26(31)21-8-6-7-14-29-21)22(20)16-18(2)23(24)25(27(32)33)34-28(3,4)5/h6-12,14,16,25H,13,15H2,1-5H3,(H,32,33). The quantitative estimate of drug-likeness (QED) is 0.545. The molecule has 6 nitrogen and oxygen atoms in total. The summed E-state index contributed by atoms with van der Waals surface area (Å²) in [7, 11) is 0. The Morgan fingerprint density at radius 2 is 1.79 bits per heavy atom. The summed E-state index contributed by atoms with van der Waals surface area (Å²) in [6.45, 7) is 9.96. The number of carboxylic acid groups (broad SMARTS) is 1. The Hall–Kier alpha value is -3.51. The molecule has 1 unspecified atom stereocenters. The molecule has 1 atom stereocenters. The predicted molar refractivity (Wildman–Crippen MR) is 132 cm³/mol. The molecule has 0 saturated carbocycles. The summed E-state index contributed by atoms with van der Waals surface area (Å²) in [5.41, 5.74) is 5.75. The van der Waals surface area contributed by atoms with Crippen molar-refractivity contribution < 1.29 is 19.4 Å². The fourth-order valence-corrected chi connectivity index (χ4v) is 4.51. The van der Waals surface area contributed by atoms with Gasteiger partial charge in [0, 0.05) is 24.0 Å². The number of anilines is 1. The zero-order chi connectivity index (χ0) is 24.6. The van der Waals surface area contributed by atoms with E-state index < -0.39 is 17.7 Å². The van der Waals surface area contributed by atoms with E-state index in [1.807, 2.05) is 65.0 Å². The Kier molecular flexibility index (Phi) is 6.28. The van der Waals surface area contributed by atoms with E-state index in [9.17, 15) is 14.7 Å². The van der Waals surface area contributed by atoms with Gasteiger partial charge in [-0.25, -0.2) is 4.79 Å². The van der Waals surface area contributed by atoms with Crippen LogP contribution in [0.15, 0.2) is 54.7 Å². The lowest BCUT2D eigenvalue weighted by molar-refractivity contribution is -0.160. The second-order valence-corrected chi connectivity index (χ2v) is 9.72. The van der Waals surface area contributed by atoms with Crippen molar-refractivity contribution in [3.05, 3.63) is 82.7 Å². The van der Waals surface area contributed by atoms with Crippen LogP contribution in [-0.2, 0) is 16.0 Å². The number of ether oxygens (including phenoxy) is 1. The number of aromatic nitrogens is 1. The molecule has 2 aromatic carbocycles. The van der Waals surface area contributed by atoms with Crippen LogP contribution in [0.2, 0.25) is 0 Å². The smallest absolute Gasteiger partial charge is 0.337 e. The van der Waals surface area contributed by atoms with E-state index in [2.05, 4.69) is 4.98 Å². The molecular formula is C28H30N2O4. The van der Waals surface area contributed by atoms with E-state index in [1.54, 1.807) is 29.3 Å². The first kappa shape index (κ1) is 23.6. The first-order valence-corrected chi connectivity index (χ1v) is 11.4. The molecule has 1 N–H and O–H groups in total. The van der Waals surface area contributed by atoms with Crippen LogP contribution in [0.1, 0.15) is 59.6 Å². The van der Waals surface area contributed by atoms with Crippen LogP contribution in [0.25, 0.3) is 11.1 Å². The minimum absolute atomic E-state index is 0.165. The SMILES string of the molecule is Cc1ccc(-c2c3c(cc(C)c2C(OC(C)(C)C)C(=O)O)N(C(=O)c2ccccn2)CC3)cc1. The molecule has 0 spiro atoms. The van der Waals surface area contributed by atoms with Crippen LogP contribution in [0.5, 0.6) is 0 Å². The Balaban J connectivity index is 1.93. The maximum Gasteiger partial charge on any atom is 0.337 e. The van der Waals surface area contributed by atoms with E-state index in [1.165, 1.54) is 0 Å². The van der Waals surface area contributed by atoms with Crippen molar-refractivity contribution in [2.75, 3.05) is 11.4 Å².